The maximum Gasteiger partial charge on any atom is 0.177 e. The van der Waals surface area contributed by atoms with E-state index in [4.69, 9.17) is 12.2 Å². The Balaban J connectivity index is 2.25. The van der Waals surface area contributed by atoms with Gasteiger partial charge in [0.05, 0.1) is 12.2 Å². The lowest BCUT2D eigenvalue weighted by Crippen LogP contribution is -2.00. The number of aromatic amines is 1. The molecule has 4 nitrogen and oxygen atoms in total. The highest BCUT2D eigenvalue weighted by Gasteiger charge is 1.96. The van der Waals surface area contributed by atoms with Crippen molar-refractivity contribution in [2.45, 2.75) is 6.54 Å². The van der Waals surface area contributed by atoms with Crippen molar-refractivity contribution in [1.82, 2.24) is 19.7 Å². The largest absolute Gasteiger partial charge is 0.337 e. The smallest absolute Gasteiger partial charge is 0.177 e. The predicted octanol–water partition coefficient (Wildman–Crippen LogP) is 1.38. The van der Waals surface area contributed by atoms with Crippen molar-refractivity contribution in [2.75, 3.05) is 0 Å². The quantitative estimate of drug-likeness (QED) is 0.731. The minimum Gasteiger partial charge on any atom is -0.337 e. The monoisotopic (exact) mass is 192 g/mol. The zero-order chi connectivity index (χ0) is 9.10. The van der Waals surface area contributed by atoms with Gasteiger partial charge in [-0.3, -0.25) is 0 Å². The van der Waals surface area contributed by atoms with Crippen LogP contribution in [0.3, 0.4) is 0 Å². The van der Waals surface area contributed by atoms with Gasteiger partial charge in [-0.1, -0.05) is 0 Å². The SMILES string of the molecule is S=c1[nH]ccn1Cc1cccnn1. The van der Waals surface area contributed by atoms with Crippen molar-refractivity contribution in [3.05, 3.63) is 41.2 Å². The van der Waals surface area contributed by atoms with Gasteiger partial charge in [0, 0.05) is 18.6 Å². The maximum absolute atomic E-state index is 5.04. The van der Waals surface area contributed by atoms with Crippen LogP contribution in [0.2, 0.25) is 0 Å². The Morgan fingerprint density at radius 3 is 3.08 bits per heavy atom. The first kappa shape index (κ1) is 8.12. The summed E-state index contributed by atoms with van der Waals surface area (Å²) in [4.78, 5) is 2.92. The molecule has 0 saturated heterocycles. The molecule has 1 N–H and O–H groups in total. The first-order chi connectivity index (χ1) is 6.36. The number of hydrogen-bond acceptors (Lipinski definition) is 3. The standard InChI is InChI=1S/C8H8N4S/c13-8-9-4-5-12(8)6-7-2-1-3-10-11-7/h1-5H,6H2,(H,9,13). The molecule has 0 aliphatic carbocycles. The van der Waals surface area contributed by atoms with Crippen LogP contribution >= 0.6 is 12.2 Å². The Kier molecular flexibility index (Phi) is 2.18. The van der Waals surface area contributed by atoms with E-state index < -0.39 is 0 Å². The second-order valence-electron chi connectivity index (χ2n) is 2.61. The molecule has 0 spiro atoms. The van der Waals surface area contributed by atoms with E-state index in [0.717, 1.165) is 5.69 Å². The van der Waals surface area contributed by atoms with Crippen LogP contribution in [0, 0.1) is 4.77 Å². The van der Waals surface area contributed by atoms with Gasteiger partial charge < -0.3 is 9.55 Å². The number of H-pyrrole nitrogens is 1. The summed E-state index contributed by atoms with van der Waals surface area (Å²) in [5, 5.41) is 7.75. The third-order valence-electron chi connectivity index (χ3n) is 1.68. The number of aromatic nitrogens is 4. The lowest BCUT2D eigenvalue weighted by Gasteiger charge is -1.99. The van der Waals surface area contributed by atoms with Gasteiger partial charge in [0.25, 0.3) is 0 Å². The zero-order valence-corrected chi connectivity index (χ0v) is 7.66. The summed E-state index contributed by atoms with van der Waals surface area (Å²) in [5.41, 5.74) is 0.901. The number of nitrogens with one attached hydrogen (secondary N) is 1. The molecular formula is C8H8N4S. The lowest BCUT2D eigenvalue weighted by molar-refractivity contribution is 0.742. The molecule has 0 atom stereocenters. The molecule has 0 fully saturated rings. The molecule has 5 heteroatoms. The van der Waals surface area contributed by atoms with Crippen molar-refractivity contribution < 1.29 is 0 Å². The van der Waals surface area contributed by atoms with E-state index in [1.165, 1.54) is 0 Å². The summed E-state index contributed by atoms with van der Waals surface area (Å²) >= 11 is 5.04. The van der Waals surface area contributed by atoms with Crippen LogP contribution in [-0.2, 0) is 6.54 Å². The molecule has 2 aromatic heterocycles. The normalized spacial score (nSPS) is 10.2. The minimum atomic E-state index is 0.663. The van der Waals surface area contributed by atoms with Gasteiger partial charge in [-0.25, -0.2) is 0 Å². The zero-order valence-electron chi connectivity index (χ0n) is 6.84. The minimum absolute atomic E-state index is 0.663. The summed E-state index contributed by atoms with van der Waals surface area (Å²) in [5.74, 6) is 0. The molecule has 2 rings (SSSR count). The van der Waals surface area contributed by atoms with Crippen molar-refractivity contribution in [1.29, 1.82) is 0 Å². The van der Waals surface area contributed by atoms with Crippen LogP contribution < -0.4 is 0 Å². The summed E-state index contributed by atoms with van der Waals surface area (Å²) < 4.78 is 2.60. The van der Waals surface area contributed by atoms with Gasteiger partial charge in [0.15, 0.2) is 4.77 Å². The number of imidazole rings is 1. The molecule has 2 aromatic rings. The Morgan fingerprint density at radius 1 is 1.54 bits per heavy atom. The second-order valence-corrected chi connectivity index (χ2v) is 2.99. The Bertz CT molecular complexity index is 431. The highest BCUT2D eigenvalue weighted by Crippen LogP contribution is 1.97. The topological polar surface area (TPSA) is 46.5 Å². The van der Waals surface area contributed by atoms with Crippen molar-refractivity contribution >= 4 is 12.2 Å². The first-order valence-electron chi connectivity index (χ1n) is 3.86. The molecule has 13 heavy (non-hydrogen) atoms. The number of nitrogens with zero attached hydrogens (tertiary/aromatic N) is 3. The fourth-order valence-corrected chi connectivity index (χ4v) is 1.26. The molecule has 0 aliphatic heterocycles. The van der Waals surface area contributed by atoms with E-state index in [1.807, 2.05) is 22.9 Å². The molecule has 0 amide bonds. The average molecular weight is 192 g/mol. The second kappa shape index (κ2) is 3.49. The van der Waals surface area contributed by atoms with Crippen molar-refractivity contribution in [3.8, 4) is 0 Å². The van der Waals surface area contributed by atoms with Gasteiger partial charge >= 0.3 is 0 Å². The predicted molar refractivity (Wildman–Crippen MR) is 50.8 cm³/mol. The summed E-state index contributed by atoms with van der Waals surface area (Å²) in [6.45, 7) is 0.663. The van der Waals surface area contributed by atoms with Gasteiger partial charge in [-0.15, -0.1) is 0 Å². The van der Waals surface area contributed by atoms with E-state index in [2.05, 4.69) is 15.2 Å². The van der Waals surface area contributed by atoms with Crippen LogP contribution in [0.15, 0.2) is 30.7 Å². The molecular weight excluding hydrogens is 184 g/mol. The van der Waals surface area contributed by atoms with E-state index in [1.54, 1.807) is 12.4 Å². The van der Waals surface area contributed by atoms with Crippen LogP contribution in [0.25, 0.3) is 0 Å². The molecule has 0 bridgehead atoms. The summed E-state index contributed by atoms with van der Waals surface area (Å²) in [6, 6.07) is 3.78. The molecule has 0 aliphatic rings. The average Bonchev–Trinajstić information content (AvgIpc) is 2.54. The third kappa shape index (κ3) is 1.81. The molecule has 0 aromatic carbocycles. The van der Waals surface area contributed by atoms with Crippen LogP contribution in [-0.4, -0.2) is 19.7 Å². The van der Waals surface area contributed by atoms with E-state index in [9.17, 15) is 0 Å². The van der Waals surface area contributed by atoms with Crippen molar-refractivity contribution in [2.24, 2.45) is 0 Å². The van der Waals surface area contributed by atoms with Crippen molar-refractivity contribution in [3.63, 3.8) is 0 Å². The molecule has 0 unspecified atom stereocenters. The van der Waals surface area contributed by atoms with Gasteiger partial charge in [0.2, 0.25) is 0 Å². The molecule has 0 saturated carbocycles. The molecule has 66 valence electrons. The van der Waals surface area contributed by atoms with E-state index in [-0.39, 0.29) is 0 Å². The Morgan fingerprint density at radius 2 is 2.46 bits per heavy atom. The third-order valence-corrected chi connectivity index (χ3v) is 2.03. The van der Waals surface area contributed by atoms with Gasteiger partial charge in [-0.2, -0.15) is 10.2 Å². The lowest BCUT2D eigenvalue weighted by atomic mass is 10.4. The Labute approximate surface area is 80.3 Å². The summed E-state index contributed by atoms with van der Waals surface area (Å²) in [6.07, 6.45) is 5.34. The highest BCUT2D eigenvalue weighted by molar-refractivity contribution is 7.71. The van der Waals surface area contributed by atoms with Crippen LogP contribution in [0.4, 0.5) is 0 Å². The van der Waals surface area contributed by atoms with Gasteiger partial charge in [0.1, 0.15) is 0 Å². The van der Waals surface area contributed by atoms with E-state index in [0.29, 0.717) is 11.3 Å². The molecule has 2 heterocycles. The van der Waals surface area contributed by atoms with Crippen LogP contribution in [0.1, 0.15) is 5.69 Å². The number of rotatable bonds is 2. The first-order valence-corrected chi connectivity index (χ1v) is 4.27. The summed E-state index contributed by atoms with van der Waals surface area (Å²) in [7, 11) is 0. The number of hydrogen-bond donors (Lipinski definition) is 1. The Hall–Kier alpha value is -1.49. The molecule has 0 radical (unpaired) electrons. The highest BCUT2D eigenvalue weighted by atomic mass is 32.1. The fraction of sp³-hybridized carbons (Fsp3) is 0.125. The van der Waals surface area contributed by atoms with Crippen LogP contribution in [0.5, 0.6) is 0 Å². The maximum atomic E-state index is 5.04. The van der Waals surface area contributed by atoms with E-state index >= 15 is 0 Å². The fourth-order valence-electron chi connectivity index (χ4n) is 1.07. The van der Waals surface area contributed by atoms with Gasteiger partial charge in [-0.05, 0) is 24.4 Å².